The van der Waals surface area contributed by atoms with Gasteiger partial charge in [-0.15, -0.1) is 0 Å². The maximum atomic E-state index is 4.00. The van der Waals surface area contributed by atoms with Gasteiger partial charge in [0, 0.05) is 6.04 Å². The number of hydrogen-bond donors (Lipinski definition) is 1. The van der Waals surface area contributed by atoms with Crippen molar-refractivity contribution in [1.82, 2.24) is 5.32 Å². The third-order valence-corrected chi connectivity index (χ3v) is 2.08. The molecule has 11 heavy (non-hydrogen) atoms. The quantitative estimate of drug-likeness (QED) is 0.582. The zero-order chi connectivity index (χ0) is 8.69. The van der Waals surface area contributed by atoms with Gasteiger partial charge in [0.25, 0.3) is 0 Å². The largest absolute Gasteiger partial charge is 0.317 e. The Balaban J connectivity index is 3.58. The summed E-state index contributed by atoms with van der Waals surface area (Å²) in [6.07, 6.45) is 4.76. The minimum atomic E-state index is 0.646. The topological polar surface area (TPSA) is 12.0 Å². The van der Waals surface area contributed by atoms with Crippen LogP contribution >= 0.6 is 0 Å². The van der Waals surface area contributed by atoms with E-state index in [0.717, 1.165) is 12.8 Å². The second-order valence-corrected chi connectivity index (χ2v) is 3.08. The van der Waals surface area contributed by atoms with E-state index in [9.17, 15) is 0 Å². The van der Waals surface area contributed by atoms with Crippen LogP contribution in [0.3, 0.4) is 0 Å². The molecule has 0 heterocycles. The Morgan fingerprint density at radius 3 is 2.45 bits per heavy atom. The number of rotatable bonds is 6. The fraction of sp³-hybridized carbons (Fsp3) is 0.800. The highest BCUT2D eigenvalue weighted by Crippen LogP contribution is 2.10. The van der Waals surface area contributed by atoms with Gasteiger partial charge in [-0.25, -0.2) is 0 Å². The molecule has 0 saturated heterocycles. The molecule has 66 valence electrons. The Bertz CT molecular complexity index is 107. The van der Waals surface area contributed by atoms with Crippen molar-refractivity contribution in [2.45, 2.75) is 45.6 Å². The molecule has 0 aliphatic rings. The second-order valence-electron chi connectivity index (χ2n) is 3.08. The van der Waals surface area contributed by atoms with E-state index in [1.54, 1.807) is 0 Å². The van der Waals surface area contributed by atoms with Gasteiger partial charge < -0.3 is 5.32 Å². The van der Waals surface area contributed by atoms with Gasteiger partial charge in [-0.05, 0) is 26.3 Å². The van der Waals surface area contributed by atoms with Gasteiger partial charge in [-0.2, -0.15) is 0 Å². The minimum Gasteiger partial charge on any atom is -0.317 e. The lowest BCUT2D eigenvalue weighted by Gasteiger charge is -2.15. The molecule has 1 unspecified atom stereocenters. The smallest absolute Gasteiger partial charge is 0.0101 e. The van der Waals surface area contributed by atoms with Crippen LogP contribution in [0.15, 0.2) is 12.2 Å². The van der Waals surface area contributed by atoms with Gasteiger partial charge in [-0.3, -0.25) is 0 Å². The maximum Gasteiger partial charge on any atom is 0.0101 e. The Kier molecular flexibility index (Phi) is 6.24. The van der Waals surface area contributed by atoms with Gasteiger partial charge in [0.15, 0.2) is 0 Å². The monoisotopic (exact) mass is 155 g/mol. The Morgan fingerprint density at radius 1 is 1.45 bits per heavy atom. The van der Waals surface area contributed by atoms with Gasteiger partial charge in [0.05, 0.1) is 0 Å². The molecule has 0 aliphatic heterocycles. The molecule has 0 radical (unpaired) electrons. The van der Waals surface area contributed by atoms with Gasteiger partial charge >= 0.3 is 0 Å². The third-order valence-electron chi connectivity index (χ3n) is 2.08. The van der Waals surface area contributed by atoms with E-state index < -0.39 is 0 Å². The predicted octanol–water partition coefficient (Wildman–Crippen LogP) is 2.73. The summed E-state index contributed by atoms with van der Waals surface area (Å²) in [6, 6.07) is 0.646. The summed E-state index contributed by atoms with van der Waals surface area (Å²) in [5, 5.41) is 3.31. The molecular formula is C10H21N. The van der Waals surface area contributed by atoms with Crippen LogP contribution in [-0.4, -0.2) is 13.1 Å². The minimum absolute atomic E-state index is 0.646. The first kappa shape index (κ1) is 10.7. The molecular weight excluding hydrogens is 134 g/mol. The molecule has 0 rings (SSSR count). The van der Waals surface area contributed by atoms with Crippen molar-refractivity contribution in [2.75, 3.05) is 7.05 Å². The highest BCUT2D eigenvalue weighted by molar-refractivity contribution is 4.96. The maximum absolute atomic E-state index is 4.00. The molecule has 0 saturated carbocycles. The normalized spacial score (nSPS) is 13.0. The van der Waals surface area contributed by atoms with Gasteiger partial charge in [0.2, 0.25) is 0 Å². The predicted molar refractivity (Wildman–Crippen MR) is 51.8 cm³/mol. The molecule has 0 amide bonds. The van der Waals surface area contributed by atoms with Crippen molar-refractivity contribution >= 4 is 0 Å². The van der Waals surface area contributed by atoms with E-state index >= 15 is 0 Å². The van der Waals surface area contributed by atoms with Crippen molar-refractivity contribution < 1.29 is 0 Å². The average Bonchev–Trinajstić information content (AvgIpc) is 2.03. The standard InChI is InChI=1S/C10H21N/c1-5-7-10(11-4)8-9(3)6-2/h10-11H,3,5-8H2,1-2,4H3. The van der Waals surface area contributed by atoms with Gasteiger partial charge in [0.1, 0.15) is 0 Å². The summed E-state index contributed by atoms with van der Waals surface area (Å²) in [4.78, 5) is 0. The van der Waals surface area contributed by atoms with Crippen LogP contribution in [0, 0.1) is 0 Å². The molecule has 1 heteroatoms. The van der Waals surface area contributed by atoms with Crippen LogP contribution in [-0.2, 0) is 0 Å². The molecule has 0 aliphatic carbocycles. The van der Waals surface area contributed by atoms with Crippen LogP contribution in [0.1, 0.15) is 39.5 Å². The molecule has 0 fully saturated rings. The fourth-order valence-corrected chi connectivity index (χ4v) is 1.19. The molecule has 1 atom stereocenters. The van der Waals surface area contributed by atoms with Crippen molar-refractivity contribution in [2.24, 2.45) is 0 Å². The summed E-state index contributed by atoms with van der Waals surface area (Å²) in [5.41, 5.74) is 1.36. The van der Waals surface area contributed by atoms with Crippen molar-refractivity contribution in [3.8, 4) is 0 Å². The third kappa shape index (κ3) is 5.02. The first-order chi connectivity index (χ1) is 5.24. The summed E-state index contributed by atoms with van der Waals surface area (Å²) < 4.78 is 0. The molecule has 1 N–H and O–H groups in total. The summed E-state index contributed by atoms with van der Waals surface area (Å²) in [5.74, 6) is 0. The molecule has 0 aromatic rings. The lowest BCUT2D eigenvalue weighted by molar-refractivity contribution is 0.508. The SMILES string of the molecule is C=C(CC)CC(CCC)NC. The summed E-state index contributed by atoms with van der Waals surface area (Å²) in [6.45, 7) is 8.39. The highest BCUT2D eigenvalue weighted by Gasteiger charge is 2.04. The van der Waals surface area contributed by atoms with E-state index in [0.29, 0.717) is 6.04 Å². The van der Waals surface area contributed by atoms with Crippen molar-refractivity contribution in [3.05, 3.63) is 12.2 Å². The molecule has 1 nitrogen and oxygen atoms in total. The number of nitrogens with one attached hydrogen (secondary N) is 1. The Labute approximate surface area is 70.9 Å². The molecule has 0 spiro atoms. The lowest BCUT2D eigenvalue weighted by atomic mass is 10.0. The van der Waals surface area contributed by atoms with E-state index in [1.165, 1.54) is 18.4 Å². The fourth-order valence-electron chi connectivity index (χ4n) is 1.19. The van der Waals surface area contributed by atoms with E-state index in [-0.39, 0.29) is 0 Å². The average molecular weight is 155 g/mol. The second kappa shape index (κ2) is 6.41. The molecule has 0 aromatic heterocycles. The zero-order valence-electron chi connectivity index (χ0n) is 8.11. The van der Waals surface area contributed by atoms with E-state index in [4.69, 9.17) is 0 Å². The van der Waals surface area contributed by atoms with E-state index in [1.807, 2.05) is 7.05 Å². The van der Waals surface area contributed by atoms with Crippen LogP contribution in [0.4, 0.5) is 0 Å². The van der Waals surface area contributed by atoms with Crippen molar-refractivity contribution in [3.63, 3.8) is 0 Å². The van der Waals surface area contributed by atoms with E-state index in [2.05, 4.69) is 25.7 Å². The van der Waals surface area contributed by atoms with Crippen LogP contribution in [0.2, 0.25) is 0 Å². The summed E-state index contributed by atoms with van der Waals surface area (Å²) in [7, 11) is 2.03. The van der Waals surface area contributed by atoms with Crippen molar-refractivity contribution in [1.29, 1.82) is 0 Å². The van der Waals surface area contributed by atoms with Gasteiger partial charge in [-0.1, -0.05) is 32.4 Å². The molecule has 0 aromatic carbocycles. The highest BCUT2D eigenvalue weighted by atomic mass is 14.9. The molecule has 0 bridgehead atoms. The van der Waals surface area contributed by atoms with Crippen LogP contribution in [0.5, 0.6) is 0 Å². The zero-order valence-corrected chi connectivity index (χ0v) is 8.11. The Hall–Kier alpha value is -0.300. The Morgan fingerprint density at radius 2 is 2.09 bits per heavy atom. The first-order valence-corrected chi connectivity index (χ1v) is 4.58. The number of hydrogen-bond acceptors (Lipinski definition) is 1. The van der Waals surface area contributed by atoms with Crippen LogP contribution in [0.25, 0.3) is 0 Å². The first-order valence-electron chi connectivity index (χ1n) is 4.58. The lowest BCUT2D eigenvalue weighted by Crippen LogP contribution is -2.25. The summed E-state index contributed by atoms with van der Waals surface area (Å²) >= 11 is 0. The van der Waals surface area contributed by atoms with Crippen LogP contribution < -0.4 is 5.32 Å².